The van der Waals surface area contributed by atoms with Gasteiger partial charge in [0.25, 0.3) is 5.91 Å². The van der Waals surface area contributed by atoms with E-state index in [4.69, 9.17) is 4.74 Å². The third kappa shape index (κ3) is 3.14. The summed E-state index contributed by atoms with van der Waals surface area (Å²) in [4.78, 5) is 14.1. The maximum absolute atomic E-state index is 12.5. The first-order valence-electron chi connectivity index (χ1n) is 7.57. The number of hydrogen-bond donors (Lipinski definition) is 1. The maximum Gasteiger partial charge on any atom is 0.271 e. The lowest BCUT2D eigenvalue weighted by Crippen LogP contribution is -2.31. The molecule has 0 spiro atoms. The minimum Gasteiger partial charge on any atom is -0.496 e. The van der Waals surface area contributed by atoms with Crippen LogP contribution in [0, 0.1) is 0 Å². The fourth-order valence-corrected chi connectivity index (χ4v) is 3.84. The van der Waals surface area contributed by atoms with Crippen molar-refractivity contribution < 1.29 is 17.9 Å². The van der Waals surface area contributed by atoms with Gasteiger partial charge in [0.1, 0.15) is 11.4 Å². The van der Waals surface area contributed by atoms with Gasteiger partial charge in [-0.2, -0.15) is 5.10 Å². The predicted octanol–water partition coefficient (Wildman–Crippen LogP) is 1.34. The number of carbonyl (C=O) groups is 1. The van der Waals surface area contributed by atoms with Crippen LogP contribution in [0.15, 0.2) is 30.3 Å². The minimum atomic E-state index is -3.13. The molecular weight excluding hydrogens is 330 g/mol. The number of benzene rings is 1. The number of nitrogens with one attached hydrogen (secondary N) is 1. The standard InChI is InChI=1S/C16H19N3O4S/c1-23-15-6-4-3-5-12(15)13-9-14(18-17-13)16(20)19-8-7-11(10-19)24(2,21)22/h3-6,9,11H,7-8,10H2,1-2H3,(H,17,18). The van der Waals surface area contributed by atoms with Crippen LogP contribution in [0.2, 0.25) is 0 Å². The van der Waals surface area contributed by atoms with E-state index in [-0.39, 0.29) is 12.5 Å². The molecule has 2 aromatic rings. The Kier molecular flexibility index (Phi) is 4.31. The van der Waals surface area contributed by atoms with Crippen LogP contribution in [0.1, 0.15) is 16.9 Å². The van der Waals surface area contributed by atoms with E-state index in [2.05, 4.69) is 10.2 Å². The predicted molar refractivity (Wildman–Crippen MR) is 89.7 cm³/mol. The third-order valence-electron chi connectivity index (χ3n) is 4.23. The largest absolute Gasteiger partial charge is 0.496 e. The van der Waals surface area contributed by atoms with Crippen LogP contribution in [0.25, 0.3) is 11.3 Å². The quantitative estimate of drug-likeness (QED) is 0.899. The monoisotopic (exact) mass is 349 g/mol. The molecule has 0 bridgehead atoms. The van der Waals surface area contributed by atoms with Crippen molar-refractivity contribution in [2.24, 2.45) is 0 Å². The van der Waals surface area contributed by atoms with Crippen LogP contribution >= 0.6 is 0 Å². The zero-order valence-electron chi connectivity index (χ0n) is 13.5. The highest BCUT2D eigenvalue weighted by atomic mass is 32.2. The molecule has 1 aromatic heterocycles. The van der Waals surface area contributed by atoms with Crippen LogP contribution in [-0.4, -0.2) is 61.1 Å². The van der Waals surface area contributed by atoms with Crippen LogP contribution in [0.3, 0.4) is 0 Å². The number of aromatic nitrogens is 2. The molecule has 1 fully saturated rings. The molecule has 0 radical (unpaired) electrons. The fourth-order valence-electron chi connectivity index (χ4n) is 2.86. The Morgan fingerprint density at radius 3 is 2.79 bits per heavy atom. The summed E-state index contributed by atoms with van der Waals surface area (Å²) in [7, 11) is -1.56. The van der Waals surface area contributed by atoms with Crippen LogP contribution < -0.4 is 4.74 Å². The van der Waals surface area contributed by atoms with E-state index in [1.807, 2.05) is 24.3 Å². The van der Waals surface area contributed by atoms with Gasteiger partial charge >= 0.3 is 0 Å². The Labute approximate surface area is 140 Å². The normalized spacial score (nSPS) is 17.9. The molecule has 0 aliphatic carbocycles. The topological polar surface area (TPSA) is 92.4 Å². The number of H-pyrrole nitrogens is 1. The van der Waals surface area contributed by atoms with Gasteiger partial charge in [-0.25, -0.2) is 8.42 Å². The smallest absolute Gasteiger partial charge is 0.271 e. The molecule has 1 aliphatic rings. The molecular formula is C16H19N3O4S. The zero-order chi connectivity index (χ0) is 17.3. The second-order valence-corrected chi connectivity index (χ2v) is 8.18. The summed E-state index contributed by atoms with van der Waals surface area (Å²) in [6.45, 7) is 0.653. The summed E-state index contributed by atoms with van der Waals surface area (Å²) in [5.41, 5.74) is 1.73. The van der Waals surface area contributed by atoms with Crippen molar-refractivity contribution in [1.82, 2.24) is 15.1 Å². The summed E-state index contributed by atoms with van der Waals surface area (Å²) in [5, 5.41) is 6.44. The Balaban J connectivity index is 1.80. The summed E-state index contributed by atoms with van der Waals surface area (Å²) in [5.74, 6) is 0.427. The van der Waals surface area contributed by atoms with E-state index < -0.39 is 15.1 Å². The fraction of sp³-hybridized carbons (Fsp3) is 0.375. The number of nitrogens with zero attached hydrogens (tertiary/aromatic N) is 2. The molecule has 1 atom stereocenters. The Hall–Kier alpha value is -2.35. The van der Waals surface area contributed by atoms with Crippen molar-refractivity contribution in [2.45, 2.75) is 11.7 Å². The molecule has 128 valence electrons. The van der Waals surface area contributed by atoms with Crippen molar-refractivity contribution in [3.63, 3.8) is 0 Å². The number of ether oxygens (including phenoxy) is 1. The number of sulfone groups is 1. The van der Waals surface area contributed by atoms with Crippen LogP contribution in [0.5, 0.6) is 5.75 Å². The summed E-state index contributed by atoms with van der Waals surface area (Å²) in [6.07, 6.45) is 1.68. The first kappa shape index (κ1) is 16.5. The SMILES string of the molecule is COc1ccccc1-c1cc(C(=O)N2CCC(S(C)(=O)=O)C2)[nH]n1. The molecule has 3 rings (SSSR count). The lowest BCUT2D eigenvalue weighted by molar-refractivity contribution is 0.0787. The summed E-state index contributed by atoms with van der Waals surface area (Å²) < 4.78 is 28.6. The van der Waals surface area contributed by atoms with Crippen molar-refractivity contribution >= 4 is 15.7 Å². The number of para-hydroxylation sites is 1. The van der Waals surface area contributed by atoms with E-state index in [0.717, 1.165) is 5.56 Å². The molecule has 2 heterocycles. The first-order valence-corrected chi connectivity index (χ1v) is 9.52. The Morgan fingerprint density at radius 1 is 1.38 bits per heavy atom. The molecule has 1 N–H and O–H groups in total. The number of rotatable bonds is 4. The second kappa shape index (κ2) is 6.27. The maximum atomic E-state index is 12.5. The summed E-state index contributed by atoms with van der Waals surface area (Å²) in [6, 6.07) is 9.07. The van der Waals surface area contributed by atoms with Crippen LogP contribution in [0.4, 0.5) is 0 Å². The highest BCUT2D eigenvalue weighted by Gasteiger charge is 2.33. The molecule has 1 unspecified atom stereocenters. The lowest BCUT2D eigenvalue weighted by atomic mass is 10.1. The van der Waals surface area contributed by atoms with Crippen molar-refractivity contribution in [2.75, 3.05) is 26.5 Å². The molecule has 1 aliphatic heterocycles. The molecule has 1 amide bonds. The van der Waals surface area contributed by atoms with E-state index in [1.165, 1.54) is 6.26 Å². The van der Waals surface area contributed by atoms with Crippen LogP contribution in [-0.2, 0) is 9.84 Å². The van der Waals surface area contributed by atoms with Crippen molar-refractivity contribution in [3.05, 3.63) is 36.0 Å². The van der Waals surface area contributed by atoms with Gasteiger partial charge in [-0.1, -0.05) is 12.1 Å². The first-order chi connectivity index (χ1) is 11.4. The van der Waals surface area contributed by atoms with E-state index in [1.54, 1.807) is 18.1 Å². The Bertz CT molecular complexity index is 860. The van der Waals surface area contributed by atoms with Gasteiger partial charge in [-0.3, -0.25) is 9.89 Å². The molecule has 0 saturated carbocycles. The third-order valence-corrected chi connectivity index (χ3v) is 5.82. The highest BCUT2D eigenvalue weighted by Crippen LogP contribution is 2.28. The van der Waals surface area contributed by atoms with E-state index in [9.17, 15) is 13.2 Å². The average Bonchev–Trinajstić information content (AvgIpc) is 3.23. The molecule has 8 heteroatoms. The van der Waals surface area contributed by atoms with Gasteiger partial charge in [0.05, 0.1) is 18.1 Å². The van der Waals surface area contributed by atoms with Crippen molar-refractivity contribution in [3.8, 4) is 17.0 Å². The number of hydrogen-bond acceptors (Lipinski definition) is 5. The minimum absolute atomic E-state index is 0.223. The van der Waals surface area contributed by atoms with Gasteiger partial charge in [0.2, 0.25) is 0 Å². The molecule has 1 aromatic carbocycles. The van der Waals surface area contributed by atoms with Gasteiger partial charge in [-0.15, -0.1) is 0 Å². The molecule has 1 saturated heterocycles. The molecule has 7 nitrogen and oxygen atoms in total. The Morgan fingerprint density at radius 2 is 2.12 bits per heavy atom. The number of aromatic amines is 1. The lowest BCUT2D eigenvalue weighted by Gasteiger charge is -2.14. The van der Waals surface area contributed by atoms with E-state index in [0.29, 0.717) is 30.1 Å². The van der Waals surface area contributed by atoms with Crippen molar-refractivity contribution in [1.29, 1.82) is 0 Å². The number of likely N-dealkylation sites (tertiary alicyclic amines) is 1. The number of methoxy groups -OCH3 is 1. The van der Waals surface area contributed by atoms with Gasteiger partial charge < -0.3 is 9.64 Å². The second-order valence-electron chi connectivity index (χ2n) is 5.86. The van der Waals surface area contributed by atoms with Gasteiger partial charge in [0.15, 0.2) is 9.84 Å². The van der Waals surface area contributed by atoms with Gasteiger partial charge in [-0.05, 0) is 24.6 Å². The highest BCUT2D eigenvalue weighted by molar-refractivity contribution is 7.91. The number of carbonyl (C=O) groups excluding carboxylic acids is 1. The number of amides is 1. The van der Waals surface area contributed by atoms with E-state index >= 15 is 0 Å². The summed E-state index contributed by atoms with van der Waals surface area (Å²) >= 11 is 0. The van der Waals surface area contributed by atoms with Gasteiger partial charge in [0, 0.05) is 24.9 Å². The average molecular weight is 349 g/mol. The zero-order valence-corrected chi connectivity index (χ0v) is 14.3. The molecule has 24 heavy (non-hydrogen) atoms.